The molecule has 1 atom stereocenters. The average Bonchev–Trinajstić information content (AvgIpc) is 2.68. The monoisotopic (exact) mass is 356 g/mol. The molecule has 0 bridgehead atoms. The van der Waals surface area contributed by atoms with Crippen molar-refractivity contribution >= 4 is 30.8 Å². The molecule has 1 aromatic carbocycles. The molecule has 2 aliphatic rings. The Balaban J connectivity index is 1.70. The maximum atomic E-state index is 12.6. The highest BCUT2D eigenvalue weighted by atomic mass is 31.1. The minimum atomic E-state index is 0.0129. The number of hydrogen-bond acceptors (Lipinski definition) is 5. The molecule has 6 heteroatoms. The normalized spacial score (nSPS) is 19.0. The number of piperazine rings is 1. The first-order valence-corrected chi connectivity index (χ1v) is 9.68. The van der Waals surface area contributed by atoms with Crippen LogP contribution in [0, 0.1) is 0 Å². The van der Waals surface area contributed by atoms with Crippen LogP contribution in [0.4, 0.5) is 5.69 Å². The first-order chi connectivity index (χ1) is 12.2. The summed E-state index contributed by atoms with van der Waals surface area (Å²) < 4.78 is 11.3. The molecule has 3 heterocycles. The molecule has 0 amide bonds. The fourth-order valence-corrected chi connectivity index (χ4v) is 4.21. The summed E-state index contributed by atoms with van der Waals surface area (Å²) in [6, 6.07) is 7.53. The number of benzene rings is 1. The highest BCUT2D eigenvalue weighted by Crippen LogP contribution is 2.35. The molecule has 0 aliphatic carbocycles. The molecule has 0 spiro atoms. The van der Waals surface area contributed by atoms with Gasteiger partial charge in [-0.05, 0) is 38.4 Å². The minimum Gasteiger partial charge on any atom is -0.497 e. The average molecular weight is 356 g/mol. The Morgan fingerprint density at radius 3 is 2.76 bits per heavy atom. The zero-order chi connectivity index (χ0) is 17.2. The Hall–Kier alpha value is -2.10. The number of ether oxygens (including phenoxy) is 1. The number of hydrogen-bond donors (Lipinski definition) is 1. The molecule has 1 unspecified atom stereocenters. The lowest BCUT2D eigenvalue weighted by molar-refractivity contribution is 0.323. The van der Waals surface area contributed by atoms with E-state index in [1.54, 1.807) is 13.2 Å². The summed E-state index contributed by atoms with van der Waals surface area (Å²) >= 11 is 0. The van der Waals surface area contributed by atoms with Crippen LogP contribution in [0.15, 0.2) is 51.1 Å². The third kappa shape index (κ3) is 3.35. The summed E-state index contributed by atoms with van der Waals surface area (Å²) in [5.74, 6) is 0.659. The van der Waals surface area contributed by atoms with E-state index in [0.29, 0.717) is 25.3 Å². The number of nitrogens with zero attached hydrogens (tertiary/aromatic N) is 1. The second kappa shape index (κ2) is 7.03. The third-order valence-electron chi connectivity index (χ3n) is 4.62. The highest BCUT2D eigenvalue weighted by Gasteiger charge is 2.15. The lowest BCUT2D eigenvalue weighted by atomic mass is 10.1. The smallest absolute Gasteiger partial charge is 0.193 e. The quantitative estimate of drug-likeness (QED) is 0.857. The molecule has 1 fully saturated rings. The van der Waals surface area contributed by atoms with E-state index in [-0.39, 0.29) is 5.43 Å². The second-order valence-electron chi connectivity index (χ2n) is 6.17. The van der Waals surface area contributed by atoms with E-state index in [4.69, 9.17) is 9.15 Å². The van der Waals surface area contributed by atoms with E-state index < -0.39 is 0 Å². The molecule has 0 radical (unpaired) electrons. The Kier molecular flexibility index (Phi) is 4.60. The van der Waals surface area contributed by atoms with E-state index in [1.165, 1.54) is 0 Å². The van der Waals surface area contributed by atoms with E-state index in [0.717, 1.165) is 49.1 Å². The van der Waals surface area contributed by atoms with Crippen molar-refractivity contribution in [1.82, 2.24) is 5.32 Å². The number of anilines is 1. The van der Waals surface area contributed by atoms with Crippen LogP contribution in [0.2, 0.25) is 0 Å². The second-order valence-corrected chi connectivity index (χ2v) is 7.37. The third-order valence-corrected chi connectivity index (χ3v) is 5.90. The summed E-state index contributed by atoms with van der Waals surface area (Å²) in [6.07, 6.45) is 4.77. The summed E-state index contributed by atoms with van der Waals surface area (Å²) in [5.41, 5.74) is 3.77. The lowest BCUT2D eigenvalue weighted by Crippen LogP contribution is -2.43. The van der Waals surface area contributed by atoms with Gasteiger partial charge >= 0.3 is 0 Å². The highest BCUT2D eigenvalue weighted by molar-refractivity contribution is 7.43. The molecular formula is C19H21N2O3P. The molecule has 25 heavy (non-hydrogen) atoms. The van der Waals surface area contributed by atoms with Crippen LogP contribution in [0.1, 0.15) is 5.76 Å². The Bertz CT molecular complexity index is 911. The maximum Gasteiger partial charge on any atom is 0.193 e. The van der Waals surface area contributed by atoms with Crippen molar-refractivity contribution in [2.75, 3.05) is 44.4 Å². The van der Waals surface area contributed by atoms with Crippen LogP contribution in [0.3, 0.4) is 0 Å². The molecule has 1 saturated heterocycles. The van der Waals surface area contributed by atoms with Gasteiger partial charge in [0.25, 0.3) is 0 Å². The van der Waals surface area contributed by atoms with E-state index in [9.17, 15) is 4.79 Å². The topological polar surface area (TPSA) is 54.7 Å². The molecule has 4 rings (SSSR count). The zero-order valence-electron chi connectivity index (χ0n) is 14.2. The Morgan fingerprint density at radius 2 is 2.04 bits per heavy atom. The van der Waals surface area contributed by atoms with Crippen molar-refractivity contribution in [2.45, 2.75) is 0 Å². The van der Waals surface area contributed by atoms with Crippen LogP contribution in [-0.4, -0.2) is 39.5 Å². The fourth-order valence-electron chi connectivity index (χ4n) is 3.21. The Morgan fingerprint density at radius 1 is 1.20 bits per heavy atom. The number of methoxy groups -OCH3 is 1. The van der Waals surface area contributed by atoms with Gasteiger partial charge in [-0.15, -0.1) is 0 Å². The fraction of sp³-hybridized carbons (Fsp3) is 0.316. The number of nitrogens with one attached hydrogen (secondary N) is 1. The van der Waals surface area contributed by atoms with E-state index in [2.05, 4.69) is 10.2 Å². The molecule has 5 nitrogen and oxygen atoms in total. The standard InChI is InChI=1S/C19H21N2O3P/c1-23-19-5-2-13(12-25-19)18-11-16(22)15-10-14(3-4-17(15)24-18)21-8-6-20-7-9-21/h2-5,10-11,20,25H,6-9,12H2,1H3. The maximum absolute atomic E-state index is 12.6. The predicted molar refractivity (Wildman–Crippen MR) is 104 cm³/mol. The first-order valence-electron chi connectivity index (χ1n) is 8.47. The van der Waals surface area contributed by atoms with Crippen LogP contribution < -0.4 is 15.6 Å². The van der Waals surface area contributed by atoms with Crippen LogP contribution in [0.5, 0.6) is 0 Å². The van der Waals surface area contributed by atoms with E-state index >= 15 is 0 Å². The molecule has 2 aliphatic heterocycles. The molecule has 1 aromatic heterocycles. The number of fused-ring (bicyclic) bond motifs is 1. The van der Waals surface area contributed by atoms with Crippen molar-refractivity contribution < 1.29 is 9.15 Å². The molecule has 2 aromatic rings. The number of allylic oxidation sites excluding steroid dienone is 3. The van der Waals surface area contributed by atoms with Crippen LogP contribution in [0.25, 0.3) is 16.5 Å². The SMILES string of the molecule is COC1=CC=C(c2cc(=O)c3cc(N4CCNCC4)ccc3o2)CP1. The molecule has 1 N–H and O–H groups in total. The predicted octanol–water partition coefficient (Wildman–Crippen LogP) is 2.77. The summed E-state index contributed by atoms with van der Waals surface area (Å²) in [5, 5.41) is 3.99. The van der Waals surface area contributed by atoms with Gasteiger partial charge in [0.1, 0.15) is 16.8 Å². The summed E-state index contributed by atoms with van der Waals surface area (Å²) in [4.78, 5) is 14.9. The van der Waals surface area contributed by atoms with Crippen LogP contribution in [-0.2, 0) is 4.74 Å². The molecular weight excluding hydrogens is 335 g/mol. The van der Waals surface area contributed by atoms with Gasteiger partial charge in [-0.25, -0.2) is 0 Å². The lowest BCUT2D eigenvalue weighted by Gasteiger charge is -2.29. The largest absolute Gasteiger partial charge is 0.497 e. The van der Waals surface area contributed by atoms with Crippen molar-refractivity contribution in [3.63, 3.8) is 0 Å². The summed E-state index contributed by atoms with van der Waals surface area (Å²) in [7, 11) is 2.25. The van der Waals surface area contributed by atoms with Crippen molar-refractivity contribution in [3.05, 3.63) is 57.9 Å². The van der Waals surface area contributed by atoms with Gasteiger partial charge in [0, 0.05) is 44.1 Å². The van der Waals surface area contributed by atoms with E-state index in [1.807, 2.05) is 30.4 Å². The van der Waals surface area contributed by atoms with Gasteiger partial charge in [-0.2, -0.15) is 0 Å². The van der Waals surface area contributed by atoms with Gasteiger partial charge in [0.2, 0.25) is 0 Å². The first kappa shape index (κ1) is 16.4. The van der Waals surface area contributed by atoms with Crippen molar-refractivity contribution in [3.8, 4) is 0 Å². The van der Waals surface area contributed by atoms with Gasteiger partial charge in [0.05, 0.1) is 12.5 Å². The van der Waals surface area contributed by atoms with Crippen molar-refractivity contribution in [1.29, 1.82) is 0 Å². The van der Waals surface area contributed by atoms with Gasteiger partial charge in [0.15, 0.2) is 5.43 Å². The molecule has 130 valence electrons. The molecule has 0 saturated carbocycles. The zero-order valence-corrected chi connectivity index (χ0v) is 15.2. The van der Waals surface area contributed by atoms with Crippen molar-refractivity contribution in [2.24, 2.45) is 0 Å². The summed E-state index contributed by atoms with van der Waals surface area (Å²) in [6.45, 7) is 3.85. The van der Waals surface area contributed by atoms with Gasteiger partial charge in [-0.3, -0.25) is 4.79 Å². The number of rotatable bonds is 3. The van der Waals surface area contributed by atoms with Gasteiger partial charge < -0.3 is 19.4 Å². The minimum absolute atomic E-state index is 0.0129. The van der Waals surface area contributed by atoms with Crippen LogP contribution >= 0.6 is 8.58 Å². The van der Waals surface area contributed by atoms with Gasteiger partial charge in [-0.1, -0.05) is 6.08 Å². The Labute approximate surface area is 148 Å².